The maximum atomic E-state index is 12.9. The van der Waals surface area contributed by atoms with Gasteiger partial charge in [-0.25, -0.2) is 9.78 Å². The van der Waals surface area contributed by atoms with E-state index in [1.54, 1.807) is 24.5 Å². The highest BCUT2D eigenvalue weighted by Crippen LogP contribution is 2.40. The molecular formula is C39H44N12O4. The molecule has 284 valence electrons. The Hall–Kier alpha value is -6.13. The van der Waals surface area contributed by atoms with Crippen LogP contribution in [0.2, 0.25) is 0 Å². The van der Waals surface area contributed by atoms with Gasteiger partial charge in [-0.3, -0.25) is 0 Å². The van der Waals surface area contributed by atoms with E-state index < -0.39 is 24.3 Å². The average molecular weight is 745 g/mol. The van der Waals surface area contributed by atoms with Gasteiger partial charge in [0.2, 0.25) is 5.95 Å². The van der Waals surface area contributed by atoms with Crippen LogP contribution in [0.25, 0.3) is 11.2 Å². The van der Waals surface area contributed by atoms with Crippen molar-refractivity contribution in [2.75, 3.05) is 29.9 Å². The Morgan fingerprint density at radius 3 is 2.40 bits per heavy atom. The minimum absolute atomic E-state index is 0.00688. The lowest BCUT2D eigenvalue weighted by atomic mass is 9.91. The smallest absolute Gasteiger partial charge is 0.315 e. The Morgan fingerprint density at radius 2 is 1.69 bits per heavy atom. The van der Waals surface area contributed by atoms with E-state index >= 15 is 0 Å². The summed E-state index contributed by atoms with van der Waals surface area (Å²) < 4.78 is 1.81. The largest absolute Gasteiger partial charge is 0.508 e. The Labute approximate surface area is 317 Å². The van der Waals surface area contributed by atoms with Crippen LogP contribution >= 0.6 is 0 Å². The van der Waals surface area contributed by atoms with Gasteiger partial charge >= 0.3 is 6.03 Å². The first-order valence-electron chi connectivity index (χ1n) is 18.6. The molecule has 0 radical (unpaired) electrons. The molecule has 1 aliphatic heterocycles. The summed E-state index contributed by atoms with van der Waals surface area (Å²) in [5.41, 5.74) is 4.12. The van der Waals surface area contributed by atoms with Crippen LogP contribution < -0.4 is 20.9 Å². The Kier molecular flexibility index (Phi) is 10.2. The molecule has 16 heteroatoms. The number of tetrazole rings is 1. The van der Waals surface area contributed by atoms with Crippen molar-refractivity contribution in [3.05, 3.63) is 114 Å². The summed E-state index contributed by atoms with van der Waals surface area (Å²) in [4.78, 5) is 31.1. The van der Waals surface area contributed by atoms with Crippen molar-refractivity contribution in [2.45, 2.75) is 69.0 Å². The average Bonchev–Trinajstić information content (AvgIpc) is 4.02. The number of urea groups is 1. The lowest BCUT2D eigenvalue weighted by Gasteiger charge is -2.22. The monoisotopic (exact) mass is 744 g/mol. The zero-order valence-electron chi connectivity index (χ0n) is 30.3. The third kappa shape index (κ3) is 7.63. The van der Waals surface area contributed by atoms with Crippen LogP contribution in [0.5, 0.6) is 5.75 Å². The third-order valence-corrected chi connectivity index (χ3v) is 10.5. The number of carbonyl (C=O) groups excluding carboxylic acids is 1. The Bertz CT molecular complexity index is 2190. The molecule has 2 fully saturated rings. The fourth-order valence-corrected chi connectivity index (χ4v) is 7.58. The molecule has 2 amide bonds. The van der Waals surface area contributed by atoms with Gasteiger partial charge < -0.3 is 40.7 Å². The highest BCUT2D eigenvalue weighted by molar-refractivity contribution is 5.84. The molecule has 0 spiro atoms. The van der Waals surface area contributed by atoms with Crippen molar-refractivity contribution in [3.8, 4) is 5.75 Å². The number of hydrogen-bond donors (Lipinski definition) is 6. The van der Waals surface area contributed by atoms with E-state index in [1.165, 1.54) is 4.80 Å². The highest BCUT2D eigenvalue weighted by atomic mass is 16.3. The number of phenols is 1. The van der Waals surface area contributed by atoms with Gasteiger partial charge in [0.25, 0.3) is 0 Å². The van der Waals surface area contributed by atoms with Gasteiger partial charge in [0.15, 0.2) is 22.8 Å². The molecule has 1 saturated carbocycles. The van der Waals surface area contributed by atoms with Crippen LogP contribution in [0.1, 0.15) is 60.3 Å². The summed E-state index contributed by atoms with van der Waals surface area (Å²) in [7, 11) is 0. The number of anilines is 2. The second kappa shape index (κ2) is 15.7. The van der Waals surface area contributed by atoms with Gasteiger partial charge in [0.05, 0.1) is 12.4 Å². The molecule has 3 aromatic heterocycles. The molecule has 4 heterocycles. The molecule has 0 bridgehead atoms. The molecule has 0 unspecified atom stereocenters. The van der Waals surface area contributed by atoms with Gasteiger partial charge in [-0.15, -0.1) is 10.2 Å². The number of nitrogens with one attached hydrogen (secondary N) is 3. The Balaban J connectivity index is 1.07. The number of aromatic hydroxyl groups is 1. The first kappa shape index (κ1) is 35.9. The number of hydrogen-bond acceptors (Lipinski definition) is 12. The second-order valence-corrected chi connectivity index (χ2v) is 14.1. The van der Waals surface area contributed by atoms with Crippen molar-refractivity contribution in [1.29, 1.82) is 0 Å². The summed E-state index contributed by atoms with van der Waals surface area (Å²) in [6, 6.07) is 25.7. The van der Waals surface area contributed by atoms with Crippen LogP contribution in [0.4, 0.5) is 16.6 Å². The molecule has 8 rings (SSSR count). The number of aliphatic hydroxyl groups excluding tert-OH is 2. The number of nitrogens with zero attached hydrogens (tertiary/aromatic N) is 9. The van der Waals surface area contributed by atoms with Crippen molar-refractivity contribution in [3.63, 3.8) is 0 Å². The van der Waals surface area contributed by atoms with E-state index in [9.17, 15) is 20.1 Å². The maximum absolute atomic E-state index is 12.9. The number of amides is 2. The minimum atomic E-state index is -1.15. The molecule has 6 N–H and O–H groups in total. The lowest BCUT2D eigenvalue weighted by molar-refractivity contribution is 0.00473. The number of benzene rings is 3. The number of rotatable bonds is 12. The predicted octanol–water partition coefficient (Wildman–Crippen LogP) is 3.31. The van der Waals surface area contributed by atoms with E-state index in [4.69, 9.17) is 15.0 Å². The SMILES string of the molecule is CCc1nnn([C@H]2C[C@@H](n3cnc4c(NCC(c5ccccc5)c5ccccc5)nc(N5CC[C@@H](NC(=O)NCc6cccc(O)c6)C5)nc43)[C@H](O)[C@@H]2O)n1. The molecule has 3 aromatic carbocycles. The zero-order valence-corrected chi connectivity index (χ0v) is 30.3. The second-order valence-electron chi connectivity index (χ2n) is 14.1. The number of carbonyl (C=O) groups is 1. The van der Waals surface area contributed by atoms with Crippen LogP contribution in [0.3, 0.4) is 0 Å². The van der Waals surface area contributed by atoms with Crippen molar-refractivity contribution >= 4 is 29.0 Å². The summed E-state index contributed by atoms with van der Waals surface area (Å²) in [6.07, 6.45) is 0.956. The number of aliphatic hydroxyl groups is 2. The van der Waals surface area contributed by atoms with Gasteiger partial charge in [0, 0.05) is 44.6 Å². The number of fused-ring (bicyclic) bond motifs is 1. The molecular weight excluding hydrogens is 701 g/mol. The molecule has 2 aliphatic rings. The fraction of sp³-hybridized carbons (Fsp3) is 0.359. The molecule has 55 heavy (non-hydrogen) atoms. The quantitative estimate of drug-likeness (QED) is 0.107. The van der Waals surface area contributed by atoms with Crippen LogP contribution in [-0.4, -0.2) is 99.0 Å². The van der Waals surface area contributed by atoms with Gasteiger partial charge in [-0.2, -0.15) is 14.8 Å². The number of phenolic OH excluding ortho intramolecular Hbond substituents is 1. The van der Waals surface area contributed by atoms with Gasteiger partial charge in [-0.1, -0.05) is 79.7 Å². The van der Waals surface area contributed by atoms with E-state index in [-0.39, 0.29) is 30.3 Å². The van der Waals surface area contributed by atoms with Crippen molar-refractivity contribution in [1.82, 2.24) is 50.4 Å². The molecule has 1 aliphatic carbocycles. The van der Waals surface area contributed by atoms with Gasteiger partial charge in [-0.05, 0) is 46.9 Å². The molecule has 6 aromatic rings. The van der Waals surface area contributed by atoms with Gasteiger partial charge in [0.1, 0.15) is 24.0 Å². The van der Waals surface area contributed by atoms with E-state index in [2.05, 4.69) is 55.6 Å². The summed E-state index contributed by atoms with van der Waals surface area (Å²) >= 11 is 0. The normalized spacial score (nSPS) is 21.0. The van der Waals surface area contributed by atoms with E-state index in [1.807, 2.05) is 58.9 Å². The summed E-state index contributed by atoms with van der Waals surface area (Å²) in [5.74, 6) is 1.69. The van der Waals surface area contributed by atoms with Crippen LogP contribution in [-0.2, 0) is 13.0 Å². The summed E-state index contributed by atoms with van der Waals surface area (Å²) in [6.45, 7) is 3.79. The molecule has 16 nitrogen and oxygen atoms in total. The first-order valence-corrected chi connectivity index (χ1v) is 18.6. The third-order valence-electron chi connectivity index (χ3n) is 10.5. The Morgan fingerprint density at radius 1 is 0.945 bits per heavy atom. The van der Waals surface area contributed by atoms with E-state index in [0.717, 1.165) is 16.7 Å². The first-order chi connectivity index (χ1) is 26.8. The maximum Gasteiger partial charge on any atom is 0.315 e. The standard InChI is InChI=1S/C39H44N12O4/c1-2-32-46-48-51(47-32)31-19-30(34(53)35(31)54)50-23-42-33-36(40-21-29(25-11-5-3-6-12-25)26-13-7-4-8-14-26)44-38(45-37(33)50)49-17-16-27(22-49)43-39(55)41-20-24-10-9-15-28(52)18-24/h3-15,18,23,27,29-31,34-35,52-54H,2,16-17,19-22H2,1H3,(H,40,44,45)(H2,41,43,55)/t27-,30-,31+,34+,35-/m1/s1. The molecule has 1 saturated heterocycles. The fourth-order valence-electron chi connectivity index (χ4n) is 7.58. The summed E-state index contributed by atoms with van der Waals surface area (Å²) in [5, 5.41) is 54.5. The predicted molar refractivity (Wildman–Crippen MR) is 205 cm³/mol. The number of aryl methyl sites for hydroxylation is 1. The minimum Gasteiger partial charge on any atom is -0.508 e. The lowest BCUT2D eigenvalue weighted by Crippen LogP contribution is -2.43. The van der Waals surface area contributed by atoms with Crippen LogP contribution in [0.15, 0.2) is 91.3 Å². The van der Waals surface area contributed by atoms with Crippen molar-refractivity contribution in [2.24, 2.45) is 0 Å². The van der Waals surface area contributed by atoms with Crippen LogP contribution in [0, 0.1) is 0 Å². The van der Waals surface area contributed by atoms with Crippen molar-refractivity contribution < 1.29 is 20.1 Å². The van der Waals surface area contributed by atoms with E-state index in [0.29, 0.717) is 67.7 Å². The topological polar surface area (TPSA) is 204 Å². The number of imidazole rings is 1. The number of aromatic nitrogens is 8. The highest BCUT2D eigenvalue weighted by Gasteiger charge is 2.45. The molecule has 5 atom stereocenters. The zero-order chi connectivity index (χ0) is 37.9.